The van der Waals surface area contributed by atoms with Crippen molar-refractivity contribution >= 4 is 39.8 Å². The highest BCUT2D eigenvalue weighted by atomic mass is 35.5. The first-order valence-corrected chi connectivity index (χ1v) is 9.74. The molecule has 1 aliphatic heterocycles. The molecule has 3 aromatic rings. The van der Waals surface area contributed by atoms with Crippen LogP contribution >= 0.6 is 11.6 Å². The first-order valence-electron chi connectivity index (χ1n) is 9.36. The summed E-state index contributed by atoms with van der Waals surface area (Å²) in [6, 6.07) is 17.5. The maximum Gasteiger partial charge on any atom is 0.240 e. The Morgan fingerprint density at radius 2 is 1.90 bits per heavy atom. The van der Waals surface area contributed by atoms with Crippen LogP contribution in [0.25, 0.3) is 10.9 Å². The van der Waals surface area contributed by atoms with E-state index in [1.165, 1.54) is 0 Å². The second-order valence-electron chi connectivity index (χ2n) is 6.71. The Labute approximate surface area is 174 Å². The monoisotopic (exact) mass is 411 g/mol. The summed E-state index contributed by atoms with van der Waals surface area (Å²) in [6.45, 7) is 2.97. The molecule has 0 amide bonds. The lowest BCUT2D eigenvalue weighted by Crippen LogP contribution is -2.52. The smallest absolute Gasteiger partial charge is 0.240 e. The molecule has 4 rings (SSSR count). The van der Waals surface area contributed by atoms with E-state index < -0.39 is 0 Å². The van der Waals surface area contributed by atoms with Crippen LogP contribution in [0.4, 0.5) is 11.4 Å². The SMILES string of the molecule is COc1nc2ccccc2cc1N=C(NO)N1CCN(c2cccc(Cl)c2)CC1. The van der Waals surface area contributed by atoms with Crippen molar-refractivity contribution in [2.45, 2.75) is 0 Å². The average Bonchev–Trinajstić information content (AvgIpc) is 2.77. The van der Waals surface area contributed by atoms with Crippen LogP contribution in [0.1, 0.15) is 0 Å². The molecule has 29 heavy (non-hydrogen) atoms. The molecule has 0 radical (unpaired) electrons. The van der Waals surface area contributed by atoms with Crippen LogP contribution in [-0.2, 0) is 0 Å². The summed E-state index contributed by atoms with van der Waals surface area (Å²) in [7, 11) is 1.56. The minimum atomic E-state index is 0.367. The van der Waals surface area contributed by atoms with Gasteiger partial charge in [0.25, 0.3) is 0 Å². The second-order valence-corrected chi connectivity index (χ2v) is 7.15. The van der Waals surface area contributed by atoms with E-state index in [0.29, 0.717) is 30.6 Å². The minimum absolute atomic E-state index is 0.367. The standard InChI is InChI=1S/C21H22ClN5O2/c1-29-20-19(13-15-5-2-3-8-18(15)23-20)24-21(25-28)27-11-9-26(10-12-27)17-7-4-6-16(22)14-17/h2-8,13-14,28H,9-12H2,1H3,(H,24,25). The van der Waals surface area contributed by atoms with Gasteiger partial charge in [0.05, 0.1) is 12.6 Å². The molecule has 0 atom stereocenters. The highest BCUT2D eigenvalue weighted by molar-refractivity contribution is 6.30. The van der Waals surface area contributed by atoms with Gasteiger partial charge >= 0.3 is 0 Å². The van der Waals surface area contributed by atoms with E-state index >= 15 is 0 Å². The van der Waals surface area contributed by atoms with Crippen LogP contribution < -0.4 is 15.1 Å². The predicted octanol–water partition coefficient (Wildman–Crippen LogP) is 3.69. The molecular weight excluding hydrogens is 390 g/mol. The summed E-state index contributed by atoms with van der Waals surface area (Å²) in [5.41, 5.74) is 4.71. The number of anilines is 1. The summed E-state index contributed by atoms with van der Waals surface area (Å²) in [5, 5.41) is 11.4. The van der Waals surface area contributed by atoms with Gasteiger partial charge in [-0.3, -0.25) is 5.21 Å². The third-order valence-electron chi connectivity index (χ3n) is 4.94. The number of benzene rings is 2. The fourth-order valence-corrected chi connectivity index (χ4v) is 3.63. The van der Waals surface area contributed by atoms with Crippen LogP contribution in [0, 0.1) is 0 Å². The van der Waals surface area contributed by atoms with Crippen LogP contribution in [0.3, 0.4) is 0 Å². The number of pyridine rings is 1. The number of aliphatic imine (C=N–C) groups is 1. The molecule has 0 unspecified atom stereocenters. The summed E-state index contributed by atoms with van der Waals surface area (Å²) >= 11 is 6.11. The number of nitrogens with one attached hydrogen (secondary N) is 1. The molecule has 0 spiro atoms. The molecule has 0 bridgehead atoms. The summed E-state index contributed by atoms with van der Waals surface area (Å²) in [5.74, 6) is 0.778. The fraction of sp³-hybridized carbons (Fsp3) is 0.238. The van der Waals surface area contributed by atoms with E-state index in [1.807, 2.05) is 59.5 Å². The Morgan fingerprint density at radius 1 is 1.10 bits per heavy atom. The van der Waals surface area contributed by atoms with E-state index in [2.05, 4.69) is 20.4 Å². The van der Waals surface area contributed by atoms with E-state index in [4.69, 9.17) is 16.3 Å². The predicted molar refractivity (Wildman–Crippen MR) is 116 cm³/mol. The van der Waals surface area contributed by atoms with Crippen molar-refractivity contribution in [3.63, 3.8) is 0 Å². The Hall–Kier alpha value is -3.03. The van der Waals surface area contributed by atoms with Gasteiger partial charge in [-0.2, -0.15) is 0 Å². The number of para-hydroxylation sites is 1. The third-order valence-corrected chi connectivity index (χ3v) is 5.18. The van der Waals surface area contributed by atoms with E-state index in [1.54, 1.807) is 7.11 Å². The molecule has 2 aromatic carbocycles. The maximum atomic E-state index is 9.72. The number of piperazine rings is 1. The first kappa shape index (κ1) is 19.3. The van der Waals surface area contributed by atoms with Gasteiger partial charge in [0.15, 0.2) is 0 Å². The maximum absolute atomic E-state index is 9.72. The molecule has 2 heterocycles. The number of methoxy groups -OCH3 is 1. The number of hydrogen-bond donors (Lipinski definition) is 2. The van der Waals surface area contributed by atoms with Crippen molar-refractivity contribution in [1.82, 2.24) is 15.4 Å². The number of fused-ring (bicyclic) bond motifs is 1. The number of ether oxygens (including phenoxy) is 1. The lowest BCUT2D eigenvalue weighted by atomic mass is 10.2. The van der Waals surface area contributed by atoms with Gasteiger partial charge in [-0.1, -0.05) is 35.9 Å². The molecular formula is C21H22ClN5O2. The Kier molecular flexibility index (Phi) is 5.69. The zero-order chi connectivity index (χ0) is 20.2. The van der Waals surface area contributed by atoms with Gasteiger partial charge in [-0.15, -0.1) is 0 Å². The number of nitrogens with zero attached hydrogens (tertiary/aromatic N) is 4. The van der Waals surface area contributed by atoms with Gasteiger partial charge < -0.3 is 14.5 Å². The Morgan fingerprint density at radius 3 is 2.62 bits per heavy atom. The summed E-state index contributed by atoms with van der Waals surface area (Å²) in [4.78, 5) is 13.4. The first-order chi connectivity index (χ1) is 14.2. The van der Waals surface area contributed by atoms with Gasteiger partial charge in [0.1, 0.15) is 5.69 Å². The van der Waals surface area contributed by atoms with Crippen molar-refractivity contribution in [2.75, 3.05) is 38.2 Å². The molecule has 150 valence electrons. The van der Waals surface area contributed by atoms with Crippen molar-refractivity contribution in [2.24, 2.45) is 4.99 Å². The Bertz CT molecular complexity index is 1030. The number of halogens is 1. The van der Waals surface area contributed by atoms with E-state index in [-0.39, 0.29) is 0 Å². The summed E-state index contributed by atoms with van der Waals surface area (Å²) in [6.07, 6.45) is 0. The molecule has 1 aliphatic rings. The number of rotatable bonds is 3. The second kappa shape index (κ2) is 8.55. The van der Waals surface area contributed by atoms with Gasteiger partial charge in [0.2, 0.25) is 11.8 Å². The van der Waals surface area contributed by atoms with Gasteiger partial charge in [0, 0.05) is 42.3 Å². The molecule has 1 fully saturated rings. The van der Waals surface area contributed by atoms with Crippen LogP contribution in [0.15, 0.2) is 59.6 Å². The minimum Gasteiger partial charge on any atom is -0.479 e. The molecule has 7 nitrogen and oxygen atoms in total. The van der Waals surface area contributed by atoms with E-state index in [9.17, 15) is 5.21 Å². The van der Waals surface area contributed by atoms with Crippen molar-refractivity contribution in [1.29, 1.82) is 0 Å². The zero-order valence-electron chi connectivity index (χ0n) is 16.0. The third kappa shape index (κ3) is 4.21. The number of guanidine groups is 1. The molecule has 0 aliphatic carbocycles. The quantitative estimate of drug-likeness (QED) is 0.389. The van der Waals surface area contributed by atoms with Crippen molar-refractivity contribution < 1.29 is 9.94 Å². The highest BCUT2D eigenvalue weighted by Crippen LogP contribution is 2.30. The van der Waals surface area contributed by atoms with Crippen LogP contribution in [0.2, 0.25) is 5.02 Å². The normalized spacial score (nSPS) is 14.9. The molecule has 0 saturated carbocycles. The molecule has 1 saturated heterocycles. The van der Waals surface area contributed by atoms with Gasteiger partial charge in [-0.05, 0) is 30.3 Å². The topological polar surface area (TPSA) is 73.2 Å². The van der Waals surface area contributed by atoms with Crippen molar-refractivity contribution in [3.05, 3.63) is 59.6 Å². The molecule has 2 N–H and O–H groups in total. The lowest BCUT2D eigenvalue weighted by molar-refractivity contribution is 0.207. The largest absolute Gasteiger partial charge is 0.479 e. The average molecular weight is 412 g/mol. The zero-order valence-corrected chi connectivity index (χ0v) is 16.8. The van der Waals surface area contributed by atoms with Gasteiger partial charge in [-0.25, -0.2) is 15.5 Å². The van der Waals surface area contributed by atoms with Crippen LogP contribution in [0.5, 0.6) is 5.88 Å². The van der Waals surface area contributed by atoms with Crippen molar-refractivity contribution in [3.8, 4) is 5.88 Å². The Balaban J connectivity index is 1.55. The number of hydroxylamine groups is 1. The summed E-state index contributed by atoms with van der Waals surface area (Å²) < 4.78 is 5.41. The highest BCUT2D eigenvalue weighted by Gasteiger charge is 2.21. The lowest BCUT2D eigenvalue weighted by Gasteiger charge is -2.37. The molecule has 8 heteroatoms. The molecule has 1 aromatic heterocycles. The van der Waals surface area contributed by atoms with E-state index in [0.717, 1.165) is 34.7 Å². The number of aromatic nitrogens is 1. The van der Waals surface area contributed by atoms with Crippen LogP contribution in [-0.4, -0.2) is 54.3 Å². The number of hydrogen-bond acceptors (Lipinski definition) is 5. The fourth-order valence-electron chi connectivity index (χ4n) is 3.45.